The molecule has 0 fully saturated rings. The first-order chi connectivity index (χ1) is 12.8. The number of phenols is 3. The van der Waals surface area contributed by atoms with E-state index in [-0.39, 0.29) is 47.0 Å². The number of carbonyl (C=O) groups excluding carboxylic acids is 1. The average molecular weight is 385 g/mol. The Balaban J connectivity index is 1.84. The summed E-state index contributed by atoms with van der Waals surface area (Å²) >= 11 is 1.26. The lowest BCUT2D eigenvalue weighted by Crippen LogP contribution is -2.03. The molecule has 138 valence electrons. The van der Waals surface area contributed by atoms with Crippen molar-refractivity contribution in [1.29, 1.82) is 0 Å². The van der Waals surface area contributed by atoms with Crippen molar-refractivity contribution >= 4 is 23.1 Å². The van der Waals surface area contributed by atoms with Crippen LogP contribution in [0, 0.1) is 0 Å². The molecule has 8 heteroatoms. The number of rotatable bonds is 6. The van der Waals surface area contributed by atoms with Crippen molar-refractivity contribution in [3.8, 4) is 28.4 Å². The zero-order valence-corrected chi connectivity index (χ0v) is 14.7. The van der Waals surface area contributed by atoms with Gasteiger partial charge in [0.2, 0.25) is 0 Å². The number of ketones is 1. The molecule has 0 amide bonds. The quantitative estimate of drug-likeness (QED) is 0.480. The molecule has 4 N–H and O–H groups in total. The molecule has 0 radical (unpaired) electrons. The third-order valence-corrected chi connectivity index (χ3v) is 4.89. The molecule has 0 saturated heterocycles. The summed E-state index contributed by atoms with van der Waals surface area (Å²) in [7, 11) is 0. The third kappa shape index (κ3) is 4.24. The Kier molecular flexibility index (Phi) is 5.09. The van der Waals surface area contributed by atoms with Crippen LogP contribution in [0.1, 0.15) is 20.1 Å². The van der Waals surface area contributed by atoms with Gasteiger partial charge in [0.05, 0.1) is 12.0 Å². The van der Waals surface area contributed by atoms with Crippen molar-refractivity contribution in [2.24, 2.45) is 0 Å². The Morgan fingerprint density at radius 2 is 1.56 bits per heavy atom. The third-order valence-electron chi connectivity index (χ3n) is 3.81. The molecule has 0 aliphatic heterocycles. The Hall–Kier alpha value is -3.39. The summed E-state index contributed by atoms with van der Waals surface area (Å²) in [6.07, 6.45) is 2.77. The second-order valence-electron chi connectivity index (χ2n) is 5.86. The van der Waals surface area contributed by atoms with E-state index >= 15 is 0 Å². The maximum absolute atomic E-state index is 12.5. The number of nitrogens with zero attached hydrogens (tertiary/aromatic N) is 1. The van der Waals surface area contributed by atoms with Gasteiger partial charge in [0, 0.05) is 51.8 Å². The second kappa shape index (κ2) is 7.46. The number of hydrogen-bond acceptors (Lipinski definition) is 7. The summed E-state index contributed by atoms with van der Waals surface area (Å²) < 4.78 is 0. The Morgan fingerprint density at radius 3 is 2.19 bits per heavy atom. The lowest BCUT2D eigenvalue weighted by molar-refractivity contribution is -0.136. The summed E-state index contributed by atoms with van der Waals surface area (Å²) in [4.78, 5) is 28.7. The molecule has 2 aromatic heterocycles. The number of aliphatic carboxylic acids is 1. The van der Waals surface area contributed by atoms with Gasteiger partial charge in [0.25, 0.3) is 0 Å². The van der Waals surface area contributed by atoms with Crippen molar-refractivity contribution in [2.45, 2.75) is 12.8 Å². The monoisotopic (exact) mass is 385 g/mol. The van der Waals surface area contributed by atoms with Gasteiger partial charge in [-0.1, -0.05) is 0 Å². The van der Waals surface area contributed by atoms with Gasteiger partial charge in [0.1, 0.15) is 17.2 Å². The van der Waals surface area contributed by atoms with Gasteiger partial charge in [-0.25, -0.2) is 0 Å². The number of benzene rings is 1. The molecule has 0 atom stereocenters. The van der Waals surface area contributed by atoms with Gasteiger partial charge in [-0.2, -0.15) is 0 Å². The van der Waals surface area contributed by atoms with Crippen molar-refractivity contribution in [1.82, 2.24) is 4.98 Å². The van der Waals surface area contributed by atoms with E-state index in [0.717, 1.165) is 17.0 Å². The van der Waals surface area contributed by atoms with E-state index in [9.17, 15) is 24.9 Å². The number of carboxylic acids is 1. The topological polar surface area (TPSA) is 128 Å². The first-order valence-electron chi connectivity index (χ1n) is 7.86. The van der Waals surface area contributed by atoms with Crippen LogP contribution in [0.4, 0.5) is 0 Å². The molecule has 0 unspecified atom stereocenters. The first kappa shape index (κ1) is 18.4. The van der Waals surface area contributed by atoms with Crippen LogP contribution in [0.15, 0.2) is 42.7 Å². The highest BCUT2D eigenvalue weighted by Crippen LogP contribution is 2.40. The maximum Gasteiger partial charge on any atom is 0.308 e. The van der Waals surface area contributed by atoms with Crippen LogP contribution in [0.2, 0.25) is 0 Å². The molecule has 0 aliphatic rings. The molecular formula is C19H15NO6S. The smallest absolute Gasteiger partial charge is 0.308 e. The van der Waals surface area contributed by atoms with E-state index in [1.54, 1.807) is 12.1 Å². The zero-order valence-electron chi connectivity index (χ0n) is 13.9. The summed E-state index contributed by atoms with van der Waals surface area (Å²) in [6, 6.07) is 7.06. The first-order valence-corrected chi connectivity index (χ1v) is 8.68. The fraction of sp³-hybridized carbons (Fsp3) is 0.105. The van der Waals surface area contributed by atoms with Gasteiger partial charge in [-0.05, 0) is 18.2 Å². The van der Waals surface area contributed by atoms with Crippen LogP contribution in [0.3, 0.4) is 0 Å². The number of carboxylic acid groups (broad SMARTS) is 1. The number of thiophene rings is 1. The number of Topliss-reactive ketones (excluding diaryl/α,β-unsaturated/α-hetero) is 1. The van der Waals surface area contributed by atoms with E-state index in [4.69, 9.17) is 5.11 Å². The van der Waals surface area contributed by atoms with Gasteiger partial charge in [0.15, 0.2) is 5.78 Å². The summed E-state index contributed by atoms with van der Waals surface area (Å²) in [5, 5.41) is 38.2. The SMILES string of the molecule is O=C(O)Cc1ccc(CC(=O)c2cncc(-c3c(O)cc(O)cc3O)c2)s1. The summed E-state index contributed by atoms with van der Waals surface area (Å²) in [6.45, 7) is 0. The van der Waals surface area contributed by atoms with Gasteiger partial charge < -0.3 is 20.4 Å². The van der Waals surface area contributed by atoms with E-state index in [1.165, 1.54) is 29.8 Å². The molecular weight excluding hydrogens is 370 g/mol. The van der Waals surface area contributed by atoms with E-state index in [1.807, 2.05) is 0 Å². The molecule has 1 aromatic carbocycles. The molecule has 2 heterocycles. The maximum atomic E-state index is 12.5. The molecule has 27 heavy (non-hydrogen) atoms. The van der Waals surface area contributed by atoms with Crippen LogP contribution in [-0.2, 0) is 17.6 Å². The molecule has 0 bridgehead atoms. The number of phenolic OH excluding ortho intramolecular Hbond substituents is 3. The van der Waals surface area contributed by atoms with Crippen molar-refractivity contribution in [2.75, 3.05) is 0 Å². The number of aromatic nitrogens is 1. The highest BCUT2D eigenvalue weighted by molar-refractivity contribution is 7.12. The summed E-state index contributed by atoms with van der Waals surface area (Å²) in [5.41, 5.74) is 0.677. The van der Waals surface area contributed by atoms with Crippen LogP contribution in [0.25, 0.3) is 11.1 Å². The normalized spacial score (nSPS) is 10.7. The number of carbonyl (C=O) groups is 2. The van der Waals surface area contributed by atoms with E-state index in [2.05, 4.69) is 4.98 Å². The summed E-state index contributed by atoms with van der Waals surface area (Å²) in [5.74, 6) is -2.12. The number of aromatic hydroxyl groups is 3. The molecule has 7 nitrogen and oxygen atoms in total. The molecule has 0 aliphatic carbocycles. The lowest BCUT2D eigenvalue weighted by Gasteiger charge is -2.09. The van der Waals surface area contributed by atoms with Gasteiger partial charge >= 0.3 is 5.97 Å². The number of hydrogen-bond donors (Lipinski definition) is 4. The second-order valence-corrected chi connectivity index (χ2v) is 7.11. The minimum absolute atomic E-state index is 0.0646. The van der Waals surface area contributed by atoms with E-state index in [0.29, 0.717) is 10.4 Å². The van der Waals surface area contributed by atoms with Crippen molar-refractivity contribution in [3.63, 3.8) is 0 Å². The van der Waals surface area contributed by atoms with Crippen LogP contribution in [0.5, 0.6) is 17.2 Å². The molecule has 0 spiro atoms. The average Bonchev–Trinajstić information content (AvgIpc) is 3.00. The lowest BCUT2D eigenvalue weighted by atomic mass is 10.0. The molecule has 3 rings (SSSR count). The largest absolute Gasteiger partial charge is 0.508 e. The van der Waals surface area contributed by atoms with Crippen molar-refractivity contribution in [3.05, 3.63) is 58.0 Å². The fourth-order valence-electron chi connectivity index (χ4n) is 2.64. The molecule has 0 saturated carbocycles. The minimum atomic E-state index is -0.930. The van der Waals surface area contributed by atoms with Crippen LogP contribution < -0.4 is 0 Å². The van der Waals surface area contributed by atoms with Crippen LogP contribution >= 0.6 is 11.3 Å². The predicted octanol–water partition coefficient (Wildman–Crippen LogP) is 2.98. The van der Waals surface area contributed by atoms with Crippen molar-refractivity contribution < 1.29 is 30.0 Å². The van der Waals surface area contributed by atoms with Gasteiger partial charge in [-0.3, -0.25) is 14.6 Å². The fourth-order valence-corrected chi connectivity index (χ4v) is 3.65. The van der Waals surface area contributed by atoms with E-state index < -0.39 is 5.97 Å². The standard InChI is InChI=1S/C19H15NO6S/c21-12-4-16(23)19(17(24)5-12)11-3-10(8-20-9-11)15(22)6-13-1-2-14(27-13)7-18(25)26/h1-5,8-9,21,23-24H,6-7H2,(H,25,26). The van der Waals surface area contributed by atoms with Crippen LogP contribution in [-0.4, -0.2) is 37.2 Å². The Bertz CT molecular complexity index is 1000. The number of pyridine rings is 1. The predicted molar refractivity (Wildman–Crippen MR) is 98.4 cm³/mol. The Morgan fingerprint density at radius 1 is 0.926 bits per heavy atom. The Labute approximate surface area is 157 Å². The molecule has 3 aromatic rings. The minimum Gasteiger partial charge on any atom is -0.508 e. The highest BCUT2D eigenvalue weighted by atomic mass is 32.1. The zero-order chi connectivity index (χ0) is 19.6. The van der Waals surface area contributed by atoms with Gasteiger partial charge in [-0.15, -0.1) is 11.3 Å². The highest BCUT2D eigenvalue weighted by Gasteiger charge is 2.16.